The molecule has 0 aromatic carbocycles. The molecule has 0 aromatic rings. The maximum absolute atomic E-state index is 11.8. The summed E-state index contributed by atoms with van der Waals surface area (Å²) in [7, 11) is 0. The molecule has 0 bridgehead atoms. The van der Waals surface area contributed by atoms with Crippen molar-refractivity contribution in [2.45, 2.75) is 46.0 Å². The van der Waals surface area contributed by atoms with Crippen molar-refractivity contribution in [3.05, 3.63) is 0 Å². The zero-order valence-electron chi connectivity index (χ0n) is 8.88. The lowest BCUT2D eigenvalue weighted by molar-refractivity contribution is -0.138. The van der Waals surface area contributed by atoms with Crippen molar-refractivity contribution >= 4 is 5.91 Å². The SMILES string of the molecule is CCCCN(CC)C(=O)C1CCC1. The van der Waals surface area contributed by atoms with E-state index in [0.717, 1.165) is 32.4 Å². The quantitative estimate of drug-likeness (QED) is 0.641. The number of hydrogen-bond acceptors (Lipinski definition) is 1. The number of hydrogen-bond donors (Lipinski definition) is 0. The molecule has 76 valence electrons. The molecule has 2 nitrogen and oxygen atoms in total. The van der Waals surface area contributed by atoms with Gasteiger partial charge in [-0.05, 0) is 26.2 Å². The lowest BCUT2D eigenvalue weighted by Gasteiger charge is -2.30. The lowest BCUT2D eigenvalue weighted by atomic mass is 9.84. The summed E-state index contributed by atoms with van der Waals surface area (Å²) in [6.45, 7) is 6.09. The largest absolute Gasteiger partial charge is 0.343 e. The van der Waals surface area contributed by atoms with E-state index in [1.807, 2.05) is 4.90 Å². The maximum Gasteiger partial charge on any atom is 0.225 e. The topological polar surface area (TPSA) is 20.3 Å². The molecule has 2 heteroatoms. The first-order valence-corrected chi connectivity index (χ1v) is 5.58. The normalized spacial score (nSPS) is 16.8. The van der Waals surface area contributed by atoms with Crippen molar-refractivity contribution in [1.29, 1.82) is 0 Å². The highest BCUT2D eigenvalue weighted by Crippen LogP contribution is 2.28. The standard InChI is InChI=1S/C11H21NO/c1-3-5-9-12(4-2)11(13)10-7-6-8-10/h10H,3-9H2,1-2H3. The molecular weight excluding hydrogens is 162 g/mol. The molecule has 1 amide bonds. The van der Waals surface area contributed by atoms with Gasteiger partial charge in [-0.25, -0.2) is 0 Å². The molecule has 0 aliphatic heterocycles. The molecule has 0 saturated heterocycles. The number of carbonyl (C=O) groups excluding carboxylic acids is 1. The van der Waals surface area contributed by atoms with E-state index >= 15 is 0 Å². The number of unbranched alkanes of at least 4 members (excludes halogenated alkanes) is 1. The molecule has 1 fully saturated rings. The van der Waals surface area contributed by atoms with Crippen LogP contribution in [0.2, 0.25) is 0 Å². The van der Waals surface area contributed by atoms with Gasteiger partial charge in [-0.3, -0.25) is 4.79 Å². The van der Waals surface area contributed by atoms with Crippen LogP contribution in [0.15, 0.2) is 0 Å². The Morgan fingerprint density at radius 1 is 1.38 bits per heavy atom. The lowest BCUT2D eigenvalue weighted by Crippen LogP contribution is -2.39. The van der Waals surface area contributed by atoms with Crippen LogP contribution >= 0.6 is 0 Å². The number of nitrogens with zero attached hydrogens (tertiary/aromatic N) is 1. The Morgan fingerprint density at radius 2 is 2.08 bits per heavy atom. The summed E-state index contributed by atoms with van der Waals surface area (Å²) in [5.41, 5.74) is 0. The third-order valence-corrected chi connectivity index (χ3v) is 2.93. The summed E-state index contributed by atoms with van der Waals surface area (Å²) in [5, 5.41) is 0. The molecule has 1 aliphatic rings. The molecule has 0 heterocycles. The van der Waals surface area contributed by atoms with Crippen molar-refractivity contribution in [3.8, 4) is 0 Å². The smallest absolute Gasteiger partial charge is 0.225 e. The first-order valence-electron chi connectivity index (χ1n) is 5.58. The summed E-state index contributed by atoms with van der Waals surface area (Å²) in [6.07, 6.45) is 5.82. The highest BCUT2D eigenvalue weighted by atomic mass is 16.2. The van der Waals surface area contributed by atoms with Crippen LogP contribution < -0.4 is 0 Å². The fourth-order valence-corrected chi connectivity index (χ4v) is 1.69. The van der Waals surface area contributed by atoms with Gasteiger partial charge in [-0.1, -0.05) is 19.8 Å². The Bertz CT molecular complexity index is 163. The molecule has 0 spiro atoms. The van der Waals surface area contributed by atoms with Crippen molar-refractivity contribution in [1.82, 2.24) is 4.90 Å². The second-order valence-electron chi connectivity index (χ2n) is 3.90. The maximum atomic E-state index is 11.8. The first-order chi connectivity index (χ1) is 6.29. The van der Waals surface area contributed by atoms with Crippen LogP contribution in [0.25, 0.3) is 0 Å². The summed E-state index contributed by atoms with van der Waals surface area (Å²) < 4.78 is 0. The average molecular weight is 183 g/mol. The summed E-state index contributed by atoms with van der Waals surface area (Å²) in [6, 6.07) is 0. The second kappa shape index (κ2) is 5.25. The molecule has 0 N–H and O–H groups in total. The van der Waals surface area contributed by atoms with E-state index in [2.05, 4.69) is 13.8 Å². The van der Waals surface area contributed by atoms with Crippen molar-refractivity contribution < 1.29 is 4.79 Å². The number of rotatable bonds is 5. The van der Waals surface area contributed by atoms with Crippen molar-refractivity contribution in [3.63, 3.8) is 0 Å². The monoisotopic (exact) mass is 183 g/mol. The van der Waals surface area contributed by atoms with Crippen LogP contribution in [0.5, 0.6) is 0 Å². The van der Waals surface area contributed by atoms with Gasteiger partial charge in [0.05, 0.1) is 0 Å². The third-order valence-electron chi connectivity index (χ3n) is 2.93. The van der Waals surface area contributed by atoms with Gasteiger partial charge in [0.2, 0.25) is 5.91 Å². The summed E-state index contributed by atoms with van der Waals surface area (Å²) >= 11 is 0. The van der Waals surface area contributed by atoms with Crippen molar-refractivity contribution in [2.24, 2.45) is 5.92 Å². The van der Waals surface area contributed by atoms with Crippen LogP contribution in [0.4, 0.5) is 0 Å². The Kier molecular flexibility index (Phi) is 4.26. The van der Waals surface area contributed by atoms with Gasteiger partial charge in [0.15, 0.2) is 0 Å². The van der Waals surface area contributed by atoms with Crippen molar-refractivity contribution in [2.75, 3.05) is 13.1 Å². The minimum atomic E-state index is 0.372. The van der Waals surface area contributed by atoms with E-state index in [9.17, 15) is 4.79 Å². The van der Waals surface area contributed by atoms with E-state index in [1.165, 1.54) is 12.8 Å². The van der Waals surface area contributed by atoms with Gasteiger partial charge < -0.3 is 4.90 Å². The minimum absolute atomic E-state index is 0.372. The predicted molar refractivity (Wildman–Crippen MR) is 54.5 cm³/mol. The van der Waals surface area contributed by atoms with E-state index in [4.69, 9.17) is 0 Å². The first kappa shape index (κ1) is 10.6. The van der Waals surface area contributed by atoms with E-state index in [1.54, 1.807) is 0 Å². The fourth-order valence-electron chi connectivity index (χ4n) is 1.69. The Labute approximate surface area is 81.3 Å². The van der Waals surface area contributed by atoms with Crippen LogP contribution in [-0.2, 0) is 4.79 Å². The van der Waals surface area contributed by atoms with E-state index in [0.29, 0.717) is 11.8 Å². The Morgan fingerprint density at radius 3 is 2.46 bits per heavy atom. The predicted octanol–water partition coefficient (Wildman–Crippen LogP) is 2.44. The highest BCUT2D eigenvalue weighted by Gasteiger charge is 2.28. The zero-order chi connectivity index (χ0) is 9.68. The van der Waals surface area contributed by atoms with Gasteiger partial charge in [-0.2, -0.15) is 0 Å². The van der Waals surface area contributed by atoms with Crippen LogP contribution in [-0.4, -0.2) is 23.9 Å². The molecule has 0 atom stereocenters. The number of carbonyl (C=O) groups is 1. The molecule has 1 rings (SSSR count). The minimum Gasteiger partial charge on any atom is -0.343 e. The molecule has 1 aliphatic carbocycles. The van der Waals surface area contributed by atoms with E-state index < -0.39 is 0 Å². The van der Waals surface area contributed by atoms with Gasteiger partial charge in [0, 0.05) is 19.0 Å². The average Bonchev–Trinajstić information content (AvgIpc) is 2.02. The van der Waals surface area contributed by atoms with Crippen LogP contribution in [0.3, 0.4) is 0 Å². The van der Waals surface area contributed by atoms with E-state index in [-0.39, 0.29) is 0 Å². The zero-order valence-corrected chi connectivity index (χ0v) is 8.88. The second-order valence-corrected chi connectivity index (χ2v) is 3.90. The number of amides is 1. The molecule has 0 radical (unpaired) electrons. The molecular formula is C11H21NO. The Hall–Kier alpha value is -0.530. The van der Waals surface area contributed by atoms with Gasteiger partial charge in [0.1, 0.15) is 0 Å². The van der Waals surface area contributed by atoms with Gasteiger partial charge >= 0.3 is 0 Å². The van der Waals surface area contributed by atoms with Crippen LogP contribution in [0.1, 0.15) is 46.0 Å². The highest BCUT2D eigenvalue weighted by molar-refractivity contribution is 5.79. The van der Waals surface area contributed by atoms with Crippen LogP contribution in [0, 0.1) is 5.92 Å². The Balaban J connectivity index is 2.30. The third kappa shape index (κ3) is 2.71. The van der Waals surface area contributed by atoms with Gasteiger partial charge in [0.25, 0.3) is 0 Å². The molecule has 0 unspecified atom stereocenters. The fraction of sp³-hybridized carbons (Fsp3) is 0.909. The molecule has 13 heavy (non-hydrogen) atoms. The molecule has 0 aromatic heterocycles. The molecule has 1 saturated carbocycles. The summed E-state index contributed by atoms with van der Waals surface area (Å²) in [4.78, 5) is 13.8. The van der Waals surface area contributed by atoms with Gasteiger partial charge in [-0.15, -0.1) is 0 Å². The summed E-state index contributed by atoms with van der Waals surface area (Å²) in [5.74, 6) is 0.777.